The number of nitrogens with zero attached hydrogens (tertiary/aromatic N) is 3. The molecule has 2 amide bonds. The van der Waals surface area contributed by atoms with E-state index in [0.29, 0.717) is 42.4 Å². The van der Waals surface area contributed by atoms with Crippen molar-refractivity contribution in [2.24, 2.45) is 5.92 Å². The Morgan fingerprint density at radius 3 is 2.73 bits per heavy atom. The van der Waals surface area contributed by atoms with Crippen molar-refractivity contribution in [1.29, 1.82) is 5.26 Å². The summed E-state index contributed by atoms with van der Waals surface area (Å²) in [6.45, 7) is 5.01. The largest absolute Gasteiger partial charge is 0.454 e. The minimum absolute atomic E-state index is 0.0872. The summed E-state index contributed by atoms with van der Waals surface area (Å²) in [7, 11) is 0. The topological polar surface area (TPSA) is 82.9 Å². The van der Waals surface area contributed by atoms with Crippen LogP contribution in [0.15, 0.2) is 55.1 Å². The minimum atomic E-state index is -0.429. The molecule has 0 radical (unpaired) electrons. The minimum Gasteiger partial charge on any atom is -0.454 e. The third-order valence-corrected chi connectivity index (χ3v) is 5.26. The van der Waals surface area contributed by atoms with Crippen molar-refractivity contribution in [3.8, 4) is 17.6 Å². The first kappa shape index (κ1) is 19.5. The molecule has 0 aliphatic carbocycles. The van der Waals surface area contributed by atoms with Crippen LogP contribution in [0.4, 0.5) is 5.69 Å². The Balaban J connectivity index is 1.47. The van der Waals surface area contributed by atoms with E-state index in [1.54, 1.807) is 46.2 Å². The molecule has 1 unspecified atom stereocenters. The van der Waals surface area contributed by atoms with E-state index < -0.39 is 5.92 Å². The number of ether oxygens (including phenoxy) is 2. The van der Waals surface area contributed by atoms with Crippen LogP contribution in [-0.4, -0.2) is 36.6 Å². The first-order valence-corrected chi connectivity index (χ1v) is 9.68. The number of carbonyl (C=O) groups is 2. The van der Waals surface area contributed by atoms with E-state index in [1.165, 1.54) is 0 Å². The van der Waals surface area contributed by atoms with Crippen LogP contribution in [0.25, 0.3) is 0 Å². The molecule has 2 heterocycles. The average molecular weight is 403 g/mol. The van der Waals surface area contributed by atoms with Gasteiger partial charge in [0, 0.05) is 37.8 Å². The van der Waals surface area contributed by atoms with Gasteiger partial charge in [0.05, 0.1) is 17.6 Å². The first-order valence-electron chi connectivity index (χ1n) is 9.68. The number of benzene rings is 2. The van der Waals surface area contributed by atoms with E-state index in [4.69, 9.17) is 14.7 Å². The maximum atomic E-state index is 13.2. The Morgan fingerprint density at radius 2 is 2.00 bits per heavy atom. The molecule has 152 valence electrons. The second kappa shape index (κ2) is 8.29. The number of hydrogen-bond acceptors (Lipinski definition) is 5. The lowest BCUT2D eigenvalue weighted by Gasteiger charge is -2.24. The zero-order chi connectivity index (χ0) is 21.1. The fourth-order valence-corrected chi connectivity index (χ4v) is 3.73. The van der Waals surface area contributed by atoms with Gasteiger partial charge in [-0.1, -0.05) is 18.2 Å². The van der Waals surface area contributed by atoms with Crippen LogP contribution in [0.3, 0.4) is 0 Å². The van der Waals surface area contributed by atoms with E-state index in [0.717, 1.165) is 5.56 Å². The van der Waals surface area contributed by atoms with E-state index >= 15 is 0 Å². The molecular weight excluding hydrogens is 382 g/mol. The molecule has 0 aromatic heterocycles. The lowest BCUT2D eigenvalue weighted by atomic mass is 10.1. The van der Waals surface area contributed by atoms with Crippen LogP contribution in [0, 0.1) is 17.2 Å². The quantitative estimate of drug-likeness (QED) is 0.693. The molecule has 30 heavy (non-hydrogen) atoms. The van der Waals surface area contributed by atoms with Gasteiger partial charge in [0.15, 0.2) is 11.5 Å². The lowest BCUT2D eigenvalue weighted by Crippen LogP contribution is -2.37. The SMILES string of the molecule is C=CCN(Cc1ccc(C#N)cc1)C(=O)C1CC(=O)N(c2ccc3c(c2)OCO3)C1. The zero-order valence-corrected chi connectivity index (χ0v) is 16.4. The maximum Gasteiger partial charge on any atom is 0.231 e. The van der Waals surface area contributed by atoms with Gasteiger partial charge in [0.1, 0.15) is 0 Å². The number of carbonyl (C=O) groups excluding carboxylic acids is 2. The third kappa shape index (κ3) is 3.85. The van der Waals surface area contributed by atoms with Gasteiger partial charge in [-0.3, -0.25) is 9.59 Å². The molecular formula is C23H21N3O4. The summed E-state index contributed by atoms with van der Waals surface area (Å²) in [4.78, 5) is 29.1. The molecule has 4 rings (SSSR count). The van der Waals surface area contributed by atoms with Crippen molar-refractivity contribution < 1.29 is 19.1 Å². The predicted molar refractivity (Wildman–Crippen MR) is 110 cm³/mol. The molecule has 0 spiro atoms. The third-order valence-electron chi connectivity index (χ3n) is 5.26. The van der Waals surface area contributed by atoms with E-state index in [2.05, 4.69) is 12.6 Å². The molecule has 7 nitrogen and oxygen atoms in total. The van der Waals surface area contributed by atoms with Crippen molar-refractivity contribution in [2.75, 3.05) is 24.8 Å². The maximum absolute atomic E-state index is 13.2. The molecule has 0 saturated carbocycles. The van der Waals surface area contributed by atoms with Crippen molar-refractivity contribution in [2.45, 2.75) is 13.0 Å². The molecule has 1 saturated heterocycles. The van der Waals surface area contributed by atoms with Crippen LogP contribution in [0.2, 0.25) is 0 Å². The normalized spacial score (nSPS) is 17.0. The standard InChI is InChI=1S/C23H21N3O4/c1-2-9-25(13-17-5-3-16(12-24)4-6-17)23(28)18-10-22(27)26(14-18)19-7-8-20-21(11-19)30-15-29-20/h2-8,11,18H,1,9-10,13-15H2. The summed E-state index contributed by atoms with van der Waals surface area (Å²) in [5, 5.41) is 8.94. The summed E-state index contributed by atoms with van der Waals surface area (Å²) in [6.07, 6.45) is 1.84. The van der Waals surface area contributed by atoms with Crippen LogP contribution in [0.1, 0.15) is 17.5 Å². The first-order chi connectivity index (χ1) is 14.6. The van der Waals surface area contributed by atoms with Gasteiger partial charge in [-0.2, -0.15) is 5.26 Å². The summed E-state index contributed by atoms with van der Waals surface area (Å²) < 4.78 is 10.7. The molecule has 2 aliphatic rings. The van der Waals surface area contributed by atoms with E-state index in [9.17, 15) is 9.59 Å². The second-order valence-electron chi connectivity index (χ2n) is 7.26. The van der Waals surface area contributed by atoms with Crippen molar-refractivity contribution in [3.63, 3.8) is 0 Å². The number of hydrogen-bond donors (Lipinski definition) is 0. The van der Waals surface area contributed by atoms with E-state index in [1.807, 2.05) is 12.1 Å². The highest BCUT2D eigenvalue weighted by Crippen LogP contribution is 2.37. The summed E-state index contributed by atoms with van der Waals surface area (Å²) >= 11 is 0. The Labute approximate surface area is 174 Å². The van der Waals surface area contributed by atoms with Gasteiger partial charge in [-0.05, 0) is 29.8 Å². The number of nitriles is 1. The molecule has 2 aromatic rings. The van der Waals surface area contributed by atoms with Crippen molar-refractivity contribution in [1.82, 2.24) is 4.90 Å². The Morgan fingerprint density at radius 1 is 1.23 bits per heavy atom. The van der Waals surface area contributed by atoms with E-state index in [-0.39, 0.29) is 25.0 Å². The number of anilines is 1. The highest BCUT2D eigenvalue weighted by atomic mass is 16.7. The van der Waals surface area contributed by atoms with Gasteiger partial charge in [-0.25, -0.2) is 0 Å². The molecule has 1 atom stereocenters. The van der Waals surface area contributed by atoms with Gasteiger partial charge >= 0.3 is 0 Å². The van der Waals surface area contributed by atoms with Gasteiger partial charge < -0.3 is 19.3 Å². The van der Waals surface area contributed by atoms with Crippen LogP contribution >= 0.6 is 0 Å². The van der Waals surface area contributed by atoms with Gasteiger partial charge in [0.2, 0.25) is 18.6 Å². The molecule has 2 aromatic carbocycles. The molecule has 0 bridgehead atoms. The number of amides is 2. The summed E-state index contributed by atoms with van der Waals surface area (Å²) in [5.41, 5.74) is 2.18. The fourth-order valence-electron chi connectivity index (χ4n) is 3.73. The number of fused-ring (bicyclic) bond motifs is 1. The summed E-state index contributed by atoms with van der Waals surface area (Å²) in [5.74, 6) is 0.642. The Hall–Kier alpha value is -3.79. The fraction of sp³-hybridized carbons (Fsp3) is 0.261. The molecule has 0 N–H and O–H groups in total. The monoisotopic (exact) mass is 403 g/mol. The average Bonchev–Trinajstić information content (AvgIpc) is 3.39. The van der Waals surface area contributed by atoms with Gasteiger partial charge in [-0.15, -0.1) is 6.58 Å². The summed E-state index contributed by atoms with van der Waals surface area (Å²) in [6, 6.07) is 14.6. The van der Waals surface area contributed by atoms with Crippen molar-refractivity contribution in [3.05, 3.63) is 66.2 Å². The van der Waals surface area contributed by atoms with Crippen LogP contribution in [0.5, 0.6) is 11.5 Å². The number of rotatable bonds is 6. The van der Waals surface area contributed by atoms with Crippen LogP contribution < -0.4 is 14.4 Å². The Bertz CT molecular complexity index is 1030. The second-order valence-corrected chi connectivity index (χ2v) is 7.26. The smallest absolute Gasteiger partial charge is 0.231 e. The molecule has 2 aliphatic heterocycles. The Kier molecular flexibility index (Phi) is 5.40. The highest BCUT2D eigenvalue weighted by molar-refractivity contribution is 6.00. The van der Waals surface area contributed by atoms with Crippen molar-refractivity contribution >= 4 is 17.5 Å². The predicted octanol–water partition coefficient (Wildman–Crippen LogP) is 2.85. The van der Waals surface area contributed by atoms with Gasteiger partial charge in [0.25, 0.3) is 0 Å². The molecule has 1 fully saturated rings. The van der Waals surface area contributed by atoms with Crippen LogP contribution in [-0.2, 0) is 16.1 Å². The lowest BCUT2D eigenvalue weighted by molar-refractivity contribution is -0.135. The zero-order valence-electron chi connectivity index (χ0n) is 16.4. The highest BCUT2D eigenvalue weighted by Gasteiger charge is 2.37. The molecule has 7 heteroatoms.